The SMILES string of the molecule is O=C(O)C1CNCCN1S(=O)(=O)N1CCCC1. The maximum absolute atomic E-state index is 12.3. The van der Waals surface area contributed by atoms with Crippen LogP contribution in [-0.2, 0) is 15.0 Å². The first-order valence-electron chi connectivity index (χ1n) is 5.74. The third-order valence-corrected chi connectivity index (χ3v) is 5.21. The molecular formula is C9H17N3O4S. The van der Waals surface area contributed by atoms with Crippen molar-refractivity contribution in [3.8, 4) is 0 Å². The molecule has 1 atom stereocenters. The Bertz CT molecular complexity index is 391. The lowest BCUT2D eigenvalue weighted by molar-refractivity contribution is -0.141. The van der Waals surface area contributed by atoms with Gasteiger partial charge in [0.2, 0.25) is 0 Å². The monoisotopic (exact) mass is 263 g/mol. The number of carboxylic acid groups (broad SMARTS) is 1. The molecule has 0 amide bonds. The van der Waals surface area contributed by atoms with Gasteiger partial charge in [-0.05, 0) is 12.8 Å². The molecule has 0 aromatic carbocycles. The first-order valence-corrected chi connectivity index (χ1v) is 7.13. The molecule has 8 heteroatoms. The Morgan fingerprint density at radius 1 is 1.24 bits per heavy atom. The van der Waals surface area contributed by atoms with Crippen LogP contribution < -0.4 is 5.32 Å². The second kappa shape index (κ2) is 4.89. The maximum Gasteiger partial charge on any atom is 0.323 e. The molecule has 2 saturated heterocycles. The number of rotatable bonds is 3. The third-order valence-electron chi connectivity index (χ3n) is 3.17. The molecule has 7 nitrogen and oxygen atoms in total. The molecule has 1 unspecified atom stereocenters. The van der Waals surface area contributed by atoms with Gasteiger partial charge in [0.25, 0.3) is 10.2 Å². The zero-order valence-corrected chi connectivity index (χ0v) is 10.3. The Morgan fingerprint density at radius 3 is 2.47 bits per heavy atom. The van der Waals surface area contributed by atoms with Gasteiger partial charge in [-0.2, -0.15) is 17.0 Å². The highest BCUT2D eigenvalue weighted by Crippen LogP contribution is 2.19. The number of nitrogens with zero attached hydrogens (tertiary/aromatic N) is 2. The fourth-order valence-corrected chi connectivity index (χ4v) is 4.06. The van der Waals surface area contributed by atoms with Crippen LogP contribution in [0.4, 0.5) is 0 Å². The summed E-state index contributed by atoms with van der Waals surface area (Å²) in [6.45, 7) is 1.88. The predicted molar refractivity (Wildman–Crippen MR) is 60.7 cm³/mol. The Labute approximate surface area is 101 Å². The smallest absolute Gasteiger partial charge is 0.323 e. The molecule has 17 heavy (non-hydrogen) atoms. The second-order valence-corrected chi connectivity index (χ2v) is 6.16. The van der Waals surface area contributed by atoms with Crippen LogP contribution >= 0.6 is 0 Å². The molecule has 0 aromatic heterocycles. The Balaban J connectivity index is 2.20. The molecule has 0 aliphatic carbocycles. The topological polar surface area (TPSA) is 90.0 Å². The number of hydrogen-bond acceptors (Lipinski definition) is 4. The number of hydrogen-bond donors (Lipinski definition) is 2. The van der Waals surface area contributed by atoms with E-state index in [0.29, 0.717) is 19.6 Å². The highest BCUT2D eigenvalue weighted by atomic mass is 32.2. The van der Waals surface area contributed by atoms with Gasteiger partial charge in [0.1, 0.15) is 6.04 Å². The van der Waals surface area contributed by atoms with Crippen LogP contribution in [0.15, 0.2) is 0 Å². The summed E-state index contributed by atoms with van der Waals surface area (Å²) in [5.74, 6) is -1.10. The lowest BCUT2D eigenvalue weighted by Crippen LogP contribution is -2.59. The molecule has 2 aliphatic heterocycles. The zero-order chi connectivity index (χ0) is 12.5. The van der Waals surface area contributed by atoms with Crippen LogP contribution in [-0.4, -0.2) is 66.9 Å². The predicted octanol–water partition coefficient (Wildman–Crippen LogP) is -1.31. The number of carboxylic acids is 1. The van der Waals surface area contributed by atoms with Gasteiger partial charge in [-0.3, -0.25) is 4.79 Å². The lowest BCUT2D eigenvalue weighted by atomic mass is 10.2. The molecule has 0 radical (unpaired) electrons. The molecule has 2 fully saturated rings. The molecule has 0 aromatic rings. The van der Waals surface area contributed by atoms with E-state index in [4.69, 9.17) is 5.11 Å². The summed E-state index contributed by atoms with van der Waals surface area (Å²) in [6.07, 6.45) is 1.70. The summed E-state index contributed by atoms with van der Waals surface area (Å²) in [5, 5.41) is 12.0. The summed E-state index contributed by atoms with van der Waals surface area (Å²) < 4.78 is 27.0. The maximum atomic E-state index is 12.3. The highest BCUT2D eigenvalue weighted by molar-refractivity contribution is 7.86. The van der Waals surface area contributed by atoms with Crippen LogP contribution in [0.3, 0.4) is 0 Å². The second-order valence-electron chi connectivity index (χ2n) is 4.28. The van der Waals surface area contributed by atoms with E-state index < -0.39 is 22.2 Å². The first-order chi connectivity index (χ1) is 8.03. The van der Waals surface area contributed by atoms with Gasteiger partial charge >= 0.3 is 5.97 Å². The van der Waals surface area contributed by atoms with E-state index in [2.05, 4.69) is 5.32 Å². The summed E-state index contributed by atoms with van der Waals surface area (Å²) in [5.41, 5.74) is 0. The van der Waals surface area contributed by atoms with Crippen molar-refractivity contribution >= 4 is 16.2 Å². The average Bonchev–Trinajstić information content (AvgIpc) is 2.83. The molecule has 2 heterocycles. The van der Waals surface area contributed by atoms with E-state index in [9.17, 15) is 13.2 Å². The van der Waals surface area contributed by atoms with Crippen molar-refractivity contribution in [3.05, 3.63) is 0 Å². The fraction of sp³-hybridized carbons (Fsp3) is 0.889. The van der Waals surface area contributed by atoms with E-state index >= 15 is 0 Å². The van der Waals surface area contributed by atoms with Crippen LogP contribution in [0.2, 0.25) is 0 Å². The van der Waals surface area contributed by atoms with Crippen molar-refractivity contribution in [2.24, 2.45) is 0 Å². The van der Waals surface area contributed by atoms with E-state index in [0.717, 1.165) is 17.1 Å². The standard InChI is InChI=1S/C9H17N3O4S/c13-9(14)8-7-10-3-6-12(8)17(15,16)11-4-1-2-5-11/h8,10H,1-7H2,(H,13,14). The van der Waals surface area contributed by atoms with Gasteiger partial charge < -0.3 is 10.4 Å². The van der Waals surface area contributed by atoms with Crippen LogP contribution in [0.5, 0.6) is 0 Å². The molecule has 0 bridgehead atoms. The molecule has 0 saturated carbocycles. The van der Waals surface area contributed by atoms with Crippen molar-refractivity contribution < 1.29 is 18.3 Å². The van der Waals surface area contributed by atoms with Crippen LogP contribution in [0.1, 0.15) is 12.8 Å². The van der Waals surface area contributed by atoms with Gasteiger partial charge in [0.15, 0.2) is 0 Å². The molecule has 2 N–H and O–H groups in total. The van der Waals surface area contributed by atoms with Crippen LogP contribution in [0, 0.1) is 0 Å². The molecule has 2 aliphatic rings. The van der Waals surface area contributed by atoms with Crippen LogP contribution in [0.25, 0.3) is 0 Å². The Morgan fingerprint density at radius 2 is 1.88 bits per heavy atom. The number of nitrogens with one attached hydrogen (secondary N) is 1. The van der Waals surface area contributed by atoms with E-state index in [1.54, 1.807) is 0 Å². The summed E-state index contributed by atoms with van der Waals surface area (Å²) in [7, 11) is -3.61. The first kappa shape index (κ1) is 12.7. The fourth-order valence-electron chi connectivity index (χ4n) is 2.24. The Hall–Kier alpha value is -0.700. The third kappa shape index (κ3) is 2.44. The van der Waals surface area contributed by atoms with E-state index in [1.807, 2.05) is 0 Å². The van der Waals surface area contributed by atoms with E-state index in [1.165, 1.54) is 4.31 Å². The number of aliphatic carboxylic acids is 1. The van der Waals surface area contributed by atoms with Crippen molar-refractivity contribution in [3.63, 3.8) is 0 Å². The van der Waals surface area contributed by atoms with E-state index in [-0.39, 0.29) is 13.1 Å². The minimum absolute atomic E-state index is 0.169. The zero-order valence-electron chi connectivity index (χ0n) is 9.50. The molecular weight excluding hydrogens is 246 g/mol. The summed E-state index contributed by atoms with van der Waals surface area (Å²) >= 11 is 0. The molecule has 2 rings (SSSR count). The van der Waals surface area contributed by atoms with Gasteiger partial charge in [-0.1, -0.05) is 0 Å². The minimum atomic E-state index is -3.61. The largest absolute Gasteiger partial charge is 0.480 e. The average molecular weight is 263 g/mol. The van der Waals surface area contributed by atoms with Crippen molar-refractivity contribution in [1.29, 1.82) is 0 Å². The van der Waals surface area contributed by atoms with Gasteiger partial charge in [0.05, 0.1) is 0 Å². The highest BCUT2D eigenvalue weighted by Gasteiger charge is 2.40. The summed E-state index contributed by atoms with van der Waals surface area (Å²) in [6, 6.07) is -0.991. The molecule has 98 valence electrons. The van der Waals surface area contributed by atoms with Gasteiger partial charge in [-0.25, -0.2) is 0 Å². The quantitative estimate of drug-likeness (QED) is 0.659. The van der Waals surface area contributed by atoms with Crippen molar-refractivity contribution in [1.82, 2.24) is 13.9 Å². The number of carbonyl (C=O) groups is 1. The molecule has 0 spiro atoms. The lowest BCUT2D eigenvalue weighted by Gasteiger charge is -2.34. The normalized spacial score (nSPS) is 28.4. The van der Waals surface area contributed by atoms with Gasteiger partial charge in [0, 0.05) is 32.7 Å². The number of piperazine rings is 1. The van der Waals surface area contributed by atoms with Crippen molar-refractivity contribution in [2.75, 3.05) is 32.7 Å². The minimum Gasteiger partial charge on any atom is -0.480 e. The summed E-state index contributed by atoms with van der Waals surface area (Å²) in [4.78, 5) is 11.1. The Kier molecular flexibility index (Phi) is 3.67. The van der Waals surface area contributed by atoms with Crippen molar-refractivity contribution in [2.45, 2.75) is 18.9 Å². The van der Waals surface area contributed by atoms with Gasteiger partial charge in [-0.15, -0.1) is 0 Å².